The minimum Gasteiger partial charge on any atom is -0.496 e. The van der Waals surface area contributed by atoms with Gasteiger partial charge in [0.05, 0.1) is 25.5 Å². The Hall–Kier alpha value is -4.18. The smallest absolute Gasteiger partial charge is 0.341 e. The maximum Gasteiger partial charge on any atom is 0.341 e. The number of amides is 2. The van der Waals surface area contributed by atoms with Crippen molar-refractivity contribution in [3.8, 4) is 11.5 Å². The largest absolute Gasteiger partial charge is 0.496 e. The van der Waals surface area contributed by atoms with Crippen LogP contribution in [0.2, 0.25) is 0 Å². The first kappa shape index (κ1) is 28.8. The third-order valence-corrected chi connectivity index (χ3v) is 7.70. The van der Waals surface area contributed by atoms with Gasteiger partial charge < -0.3 is 19.5 Å². The minimum absolute atomic E-state index is 0.263. The maximum absolute atomic E-state index is 13.1. The fourth-order valence-corrected chi connectivity index (χ4v) is 5.80. The molecule has 9 nitrogen and oxygen atoms in total. The van der Waals surface area contributed by atoms with Crippen LogP contribution < -0.4 is 20.2 Å². The van der Waals surface area contributed by atoms with Crippen molar-refractivity contribution in [1.29, 1.82) is 0 Å². The monoisotopic (exact) mass is 563 g/mol. The third-order valence-electron chi connectivity index (χ3n) is 6.53. The molecule has 2 aromatic carbocycles. The highest BCUT2D eigenvalue weighted by Crippen LogP contribution is 2.40. The molecule has 40 heavy (non-hydrogen) atoms. The van der Waals surface area contributed by atoms with E-state index in [2.05, 4.69) is 22.8 Å². The van der Waals surface area contributed by atoms with E-state index in [9.17, 15) is 14.4 Å². The van der Waals surface area contributed by atoms with E-state index in [4.69, 9.17) is 14.2 Å². The van der Waals surface area contributed by atoms with Gasteiger partial charge in [-0.15, -0.1) is 11.3 Å². The maximum atomic E-state index is 13.1. The van der Waals surface area contributed by atoms with Crippen molar-refractivity contribution in [2.75, 3.05) is 19.0 Å². The number of anilines is 1. The van der Waals surface area contributed by atoms with Crippen LogP contribution in [0.4, 0.5) is 5.00 Å². The number of para-hydroxylation sites is 1. The third kappa shape index (κ3) is 6.87. The number of hydrazone groups is 1. The van der Waals surface area contributed by atoms with Crippen LogP contribution in [0.15, 0.2) is 53.6 Å². The van der Waals surface area contributed by atoms with Gasteiger partial charge in [-0.25, -0.2) is 10.2 Å². The molecule has 1 heterocycles. The molecule has 10 heteroatoms. The highest BCUT2D eigenvalue weighted by atomic mass is 32.1. The number of fused-ring (bicyclic) bond motifs is 1. The molecule has 210 valence electrons. The molecule has 0 radical (unpaired) electrons. The number of carbonyl (C=O) groups excluding carboxylic acids is 3. The first-order chi connectivity index (χ1) is 19.3. The molecule has 1 aromatic heterocycles. The quantitative estimate of drug-likeness (QED) is 0.198. The lowest BCUT2D eigenvalue weighted by atomic mass is 9.88. The van der Waals surface area contributed by atoms with E-state index in [1.165, 1.54) is 17.6 Å². The lowest BCUT2D eigenvalue weighted by Gasteiger charge is -2.18. The Morgan fingerprint density at radius 1 is 1.15 bits per heavy atom. The second-order valence-electron chi connectivity index (χ2n) is 9.49. The van der Waals surface area contributed by atoms with E-state index < -0.39 is 18.0 Å². The summed E-state index contributed by atoms with van der Waals surface area (Å²) in [5.74, 6) is 0.393. The van der Waals surface area contributed by atoms with Crippen LogP contribution in [0, 0.1) is 5.92 Å². The summed E-state index contributed by atoms with van der Waals surface area (Å²) in [6.07, 6.45) is 3.33. The minimum atomic E-state index is -0.832. The van der Waals surface area contributed by atoms with E-state index in [-0.39, 0.29) is 12.5 Å². The Labute approximate surface area is 237 Å². The van der Waals surface area contributed by atoms with Gasteiger partial charge >= 0.3 is 5.97 Å². The number of rotatable bonds is 10. The van der Waals surface area contributed by atoms with Crippen LogP contribution in [0.1, 0.15) is 63.9 Å². The van der Waals surface area contributed by atoms with E-state index >= 15 is 0 Å². The first-order valence-corrected chi connectivity index (χ1v) is 14.0. The van der Waals surface area contributed by atoms with Gasteiger partial charge in [0.1, 0.15) is 16.5 Å². The summed E-state index contributed by atoms with van der Waals surface area (Å²) in [5.41, 5.74) is 5.02. The SMILES string of the molecule is CCOC(=O)c1c(NC(=O)c2ccc(O[C@H](C)C(=O)N/N=C\c3ccccc3OC)cc2)sc2c1CC[C@H](C)C2. The van der Waals surface area contributed by atoms with Crippen LogP contribution in [-0.4, -0.2) is 43.8 Å². The molecule has 2 N–H and O–H groups in total. The Kier molecular flexibility index (Phi) is 9.55. The van der Waals surface area contributed by atoms with Gasteiger partial charge in [-0.2, -0.15) is 5.10 Å². The molecule has 0 aliphatic heterocycles. The van der Waals surface area contributed by atoms with E-state index in [0.717, 1.165) is 35.3 Å². The van der Waals surface area contributed by atoms with Crippen molar-refractivity contribution in [3.63, 3.8) is 0 Å². The van der Waals surface area contributed by atoms with Crippen molar-refractivity contribution >= 4 is 40.3 Å². The van der Waals surface area contributed by atoms with E-state index in [1.807, 2.05) is 18.2 Å². The molecule has 0 unspecified atom stereocenters. The number of hydrogen-bond donors (Lipinski definition) is 2. The van der Waals surface area contributed by atoms with Gasteiger partial charge in [-0.05, 0) is 81.0 Å². The van der Waals surface area contributed by atoms with Crippen LogP contribution in [-0.2, 0) is 22.4 Å². The molecule has 2 amide bonds. The number of benzene rings is 2. The molecular formula is C30H33N3O6S. The number of methoxy groups -OCH3 is 1. The lowest BCUT2D eigenvalue weighted by molar-refractivity contribution is -0.127. The molecule has 0 spiro atoms. The van der Waals surface area contributed by atoms with Crippen LogP contribution in [0.25, 0.3) is 0 Å². The summed E-state index contributed by atoms with van der Waals surface area (Å²) in [4.78, 5) is 39.3. The molecule has 0 saturated carbocycles. The van der Waals surface area contributed by atoms with Gasteiger partial charge in [-0.3, -0.25) is 9.59 Å². The molecular weight excluding hydrogens is 530 g/mol. The number of ether oxygens (including phenoxy) is 3. The van der Waals surface area contributed by atoms with Gasteiger partial charge in [0.15, 0.2) is 6.10 Å². The first-order valence-electron chi connectivity index (χ1n) is 13.2. The standard InChI is InChI=1S/C30H33N3O6S/c1-5-38-30(36)26-23-15-10-18(2)16-25(23)40-29(26)32-28(35)20-11-13-22(14-12-20)39-19(3)27(34)33-31-17-21-8-6-7-9-24(21)37-4/h6-9,11-14,17-19H,5,10,15-16H2,1-4H3,(H,32,35)(H,33,34)/b31-17-/t18-,19+/m0/s1. The van der Waals surface area contributed by atoms with Crippen molar-refractivity contribution in [2.24, 2.45) is 11.0 Å². The topological polar surface area (TPSA) is 115 Å². The Morgan fingerprint density at radius 2 is 1.90 bits per heavy atom. The number of hydrogen-bond acceptors (Lipinski definition) is 8. The summed E-state index contributed by atoms with van der Waals surface area (Å²) < 4.78 is 16.3. The zero-order chi connectivity index (χ0) is 28.6. The number of nitrogens with one attached hydrogen (secondary N) is 2. The van der Waals surface area contributed by atoms with Crippen molar-refractivity contribution in [3.05, 3.63) is 75.7 Å². The summed E-state index contributed by atoms with van der Waals surface area (Å²) >= 11 is 1.44. The molecule has 1 aliphatic carbocycles. The molecule has 0 bridgehead atoms. The zero-order valence-electron chi connectivity index (χ0n) is 23.0. The van der Waals surface area contributed by atoms with Crippen molar-refractivity contribution < 1.29 is 28.6 Å². The average Bonchev–Trinajstić information content (AvgIpc) is 3.30. The molecule has 2 atom stereocenters. The molecule has 0 fully saturated rings. The Balaban J connectivity index is 1.37. The fraction of sp³-hybridized carbons (Fsp3) is 0.333. The summed E-state index contributed by atoms with van der Waals surface area (Å²) in [7, 11) is 1.56. The van der Waals surface area contributed by atoms with Crippen molar-refractivity contribution in [1.82, 2.24) is 5.43 Å². The predicted molar refractivity (Wildman–Crippen MR) is 155 cm³/mol. The fourth-order valence-electron chi connectivity index (χ4n) is 4.41. The number of esters is 1. The van der Waals surface area contributed by atoms with E-state index in [1.54, 1.807) is 51.3 Å². The molecule has 1 aliphatic rings. The average molecular weight is 564 g/mol. The summed E-state index contributed by atoms with van der Waals surface area (Å²) in [6, 6.07) is 13.7. The highest BCUT2D eigenvalue weighted by molar-refractivity contribution is 7.17. The van der Waals surface area contributed by atoms with Gasteiger partial charge in [0.25, 0.3) is 11.8 Å². The Bertz CT molecular complexity index is 1400. The zero-order valence-corrected chi connectivity index (χ0v) is 23.8. The second-order valence-corrected chi connectivity index (χ2v) is 10.6. The number of thiophene rings is 1. The van der Waals surface area contributed by atoms with E-state index in [0.29, 0.717) is 33.5 Å². The van der Waals surface area contributed by atoms with Crippen LogP contribution in [0.3, 0.4) is 0 Å². The Morgan fingerprint density at radius 3 is 2.62 bits per heavy atom. The molecule has 3 aromatic rings. The number of nitrogens with zero attached hydrogens (tertiary/aromatic N) is 1. The molecule has 4 rings (SSSR count). The number of carbonyl (C=O) groups is 3. The summed E-state index contributed by atoms with van der Waals surface area (Å²) in [5, 5.41) is 7.41. The normalized spacial score (nSPS) is 15.2. The predicted octanol–water partition coefficient (Wildman–Crippen LogP) is 5.23. The second kappa shape index (κ2) is 13.3. The van der Waals surface area contributed by atoms with Crippen molar-refractivity contribution in [2.45, 2.75) is 46.1 Å². The van der Waals surface area contributed by atoms with Gasteiger partial charge in [0, 0.05) is 16.0 Å². The summed E-state index contributed by atoms with van der Waals surface area (Å²) in [6.45, 7) is 5.82. The van der Waals surface area contributed by atoms with Crippen LogP contribution >= 0.6 is 11.3 Å². The van der Waals surface area contributed by atoms with Gasteiger partial charge in [-0.1, -0.05) is 19.1 Å². The van der Waals surface area contributed by atoms with Crippen LogP contribution in [0.5, 0.6) is 11.5 Å². The molecule has 0 saturated heterocycles. The van der Waals surface area contributed by atoms with Gasteiger partial charge in [0.2, 0.25) is 0 Å². The highest BCUT2D eigenvalue weighted by Gasteiger charge is 2.29. The lowest BCUT2D eigenvalue weighted by Crippen LogP contribution is -2.33.